The van der Waals surface area contributed by atoms with Gasteiger partial charge in [-0.3, -0.25) is 0 Å². The lowest BCUT2D eigenvalue weighted by Gasteiger charge is -2.12. The van der Waals surface area contributed by atoms with Crippen LogP contribution in [0.1, 0.15) is 23.3 Å². The van der Waals surface area contributed by atoms with Crippen LogP contribution < -0.4 is 0 Å². The lowest BCUT2D eigenvalue weighted by molar-refractivity contribution is 0.317. The monoisotopic (exact) mass is 217 g/mol. The molecule has 0 radical (unpaired) electrons. The third-order valence-electron chi connectivity index (χ3n) is 2.90. The van der Waals surface area contributed by atoms with Crippen molar-refractivity contribution in [1.82, 2.24) is 0 Å². The first kappa shape index (κ1) is 8.92. The minimum absolute atomic E-state index is 0.855. The Hall–Kier alpha value is -1.35. The van der Waals surface area contributed by atoms with E-state index in [2.05, 4.69) is 23.4 Å². The summed E-state index contributed by atoms with van der Waals surface area (Å²) < 4.78 is 1.30. The molecule has 76 valence electrons. The van der Waals surface area contributed by atoms with E-state index < -0.39 is 0 Å². The fourth-order valence-electron chi connectivity index (χ4n) is 2.23. The van der Waals surface area contributed by atoms with Gasteiger partial charge in [-0.05, 0) is 25.3 Å². The van der Waals surface area contributed by atoms with Crippen molar-refractivity contribution in [2.24, 2.45) is 5.16 Å². The molecule has 0 atom stereocenters. The van der Waals surface area contributed by atoms with Crippen molar-refractivity contribution in [3.05, 3.63) is 34.7 Å². The Morgan fingerprint density at radius 2 is 2.07 bits per heavy atom. The van der Waals surface area contributed by atoms with Crippen LogP contribution in [0.2, 0.25) is 0 Å². The van der Waals surface area contributed by atoms with E-state index in [1.54, 1.807) is 0 Å². The second kappa shape index (κ2) is 3.35. The summed E-state index contributed by atoms with van der Waals surface area (Å²) in [6.07, 6.45) is 3.11. The van der Waals surface area contributed by atoms with Crippen LogP contribution in [-0.2, 0) is 6.42 Å². The molecule has 3 rings (SSSR count). The van der Waals surface area contributed by atoms with Crippen molar-refractivity contribution >= 4 is 27.1 Å². The number of aryl methyl sites for hydroxylation is 1. The molecule has 0 aliphatic heterocycles. The molecule has 2 nitrogen and oxygen atoms in total. The maximum absolute atomic E-state index is 9.01. The maximum Gasteiger partial charge on any atom is 0.0885 e. The summed E-state index contributed by atoms with van der Waals surface area (Å²) in [4.78, 5) is 1.37. The van der Waals surface area contributed by atoms with Crippen LogP contribution in [0.3, 0.4) is 0 Å². The molecule has 1 heterocycles. The number of hydrogen-bond acceptors (Lipinski definition) is 3. The van der Waals surface area contributed by atoms with Crippen molar-refractivity contribution in [2.75, 3.05) is 0 Å². The quantitative estimate of drug-likeness (QED) is 0.532. The first-order valence-corrected chi connectivity index (χ1v) is 5.93. The highest BCUT2D eigenvalue weighted by Gasteiger charge is 2.21. The molecule has 1 aromatic heterocycles. The molecule has 0 amide bonds. The van der Waals surface area contributed by atoms with Crippen LogP contribution in [0.15, 0.2) is 29.4 Å². The van der Waals surface area contributed by atoms with Crippen LogP contribution in [0.4, 0.5) is 0 Å². The summed E-state index contributed by atoms with van der Waals surface area (Å²) in [5, 5.41) is 13.7. The zero-order chi connectivity index (χ0) is 10.3. The van der Waals surface area contributed by atoms with E-state index in [0.717, 1.165) is 25.0 Å². The number of nitrogens with zero attached hydrogens (tertiary/aromatic N) is 1. The van der Waals surface area contributed by atoms with E-state index in [0.29, 0.717) is 0 Å². The number of oxime groups is 1. The Balaban J connectivity index is 2.37. The predicted octanol–water partition coefficient (Wildman–Crippen LogP) is 3.42. The van der Waals surface area contributed by atoms with Gasteiger partial charge < -0.3 is 5.21 Å². The van der Waals surface area contributed by atoms with Crippen LogP contribution in [0.25, 0.3) is 10.1 Å². The van der Waals surface area contributed by atoms with E-state index in [-0.39, 0.29) is 0 Å². The van der Waals surface area contributed by atoms with Gasteiger partial charge in [0.15, 0.2) is 0 Å². The van der Waals surface area contributed by atoms with Gasteiger partial charge in [0.2, 0.25) is 0 Å². The van der Waals surface area contributed by atoms with Gasteiger partial charge in [0.05, 0.1) is 5.71 Å². The standard InChI is InChI=1S/C12H11NOS/c14-13-9-5-3-7-11-12(9)8-4-1-2-6-10(8)15-11/h1-2,4,6,14H,3,5,7H2/b13-9+. The van der Waals surface area contributed by atoms with Crippen molar-refractivity contribution in [2.45, 2.75) is 19.3 Å². The maximum atomic E-state index is 9.01. The zero-order valence-corrected chi connectivity index (χ0v) is 9.05. The van der Waals surface area contributed by atoms with Crippen LogP contribution in [0, 0.1) is 0 Å². The molecular formula is C12H11NOS. The van der Waals surface area contributed by atoms with Crippen molar-refractivity contribution < 1.29 is 5.21 Å². The first-order chi connectivity index (χ1) is 7.40. The molecule has 2 aromatic rings. The third kappa shape index (κ3) is 1.27. The Bertz CT molecular complexity index is 542. The average molecular weight is 217 g/mol. The highest BCUT2D eigenvalue weighted by atomic mass is 32.1. The number of hydrogen-bond donors (Lipinski definition) is 1. The van der Waals surface area contributed by atoms with Gasteiger partial charge in [-0.25, -0.2) is 0 Å². The smallest absolute Gasteiger partial charge is 0.0885 e. The molecule has 3 heteroatoms. The number of benzene rings is 1. The minimum atomic E-state index is 0.855. The second-order valence-corrected chi connectivity index (χ2v) is 4.93. The van der Waals surface area contributed by atoms with Crippen LogP contribution in [-0.4, -0.2) is 10.9 Å². The summed E-state index contributed by atoms with van der Waals surface area (Å²) in [6, 6.07) is 8.34. The summed E-state index contributed by atoms with van der Waals surface area (Å²) in [6.45, 7) is 0. The highest BCUT2D eigenvalue weighted by molar-refractivity contribution is 7.19. The molecule has 0 bridgehead atoms. The van der Waals surface area contributed by atoms with E-state index in [9.17, 15) is 0 Å². The molecular weight excluding hydrogens is 206 g/mol. The third-order valence-corrected chi connectivity index (χ3v) is 4.13. The number of rotatable bonds is 0. The van der Waals surface area contributed by atoms with Gasteiger partial charge >= 0.3 is 0 Å². The van der Waals surface area contributed by atoms with Gasteiger partial charge in [-0.15, -0.1) is 11.3 Å². The van der Waals surface area contributed by atoms with Crippen molar-refractivity contribution in [3.63, 3.8) is 0 Å². The van der Waals surface area contributed by atoms with Gasteiger partial charge in [-0.2, -0.15) is 0 Å². The Morgan fingerprint density at radius 3 is 2.93 bits per heavy atom. The molecule has 1 N–H and O–H groups in total. The molecule has 0 spiro atoms. The van der Waals surface area contributed by atoms with E-state index in [4.69, 9.17) is 5.21 Å². The van der Waals surface area contributed by atoms with Crippen molar-refractivity contribution in [1.29, 1.82) is 0 Å². The predicted molar refractivity (Wildman–Crippen MR) is 63.1 cm³/mol. The van der Waals surface area contributed by atoms with Crippen LogP contribution in [0.5, 0.6) is 0 Å². The summed E-state index contributed by atoms with van der Waals surface area (Å²) >= 11 is 1.83. The first-order valence-electron chi connectivity index (χ1n) is 5.12. The summed E-state index contributed by atoms with van der Waals surface area (Å²) in [7, 11) is 0. The zero-order valence-electron chi connectivity index (χ0n) is 8.23. The normalized spacial score (nSPS) is 18.3. The molecule has 0 fully saturated rings. The molecule has 15 heavy (non-hydrogen) atoms. The Kier molecular flexibility index (Phi) is 1.99. The second-order valence-electron chi connectivity index (χ2n) is 3.80. The molecule has 0 saturated carbocycles. The van der Waals surface area contributed by atoms with E-state index >= 15 is 0 Å². The lowest BCUT2D eigenvalue weighted by atomic mass is 9.94. The fourth-order valence-corrected chi connectivity index (χ4v) is 3.50. The highest BCUT2D eigenvalue weighted by Crippen LogP contribution is 2.36. The molecule has 1 aromatic carbocycles. The Morgan fingerprint density at radius 1 is 1.20 bits per heavy atom. The van der Waals surface area contributed by atoms with Gasteiger partial charge in [0.1, 0.15) is 0 Å². The molecule has 1 aliphatic rings. The summed E-state index contributed by atoms with van der Waals surface area (Å²) in [5.41, 5.74) is 2.04. The minimum Gasteiger partial charge on any atom is -0.411 e. The fraction of sp³-hybridized carbons (Fsp3) is 0.250. The van der Waals surface area contributed by atoms with Gasteiger partial charge in [0.25, 0.3) is 0 Å². The SMILES string of the molecule is O/N=C1\CCCc2sc3ccccc3c21. The largest absolute Gasteiger partial charge is 0.411 e. The van der Waals surface area contributed by atoms with Crippen LogP contribution >= 0.6 is 11.3 Å². The topological polar surface area (TPSA) is 32.6 Å². The van der Waals surface area contributed by atoms with E-state index in [1.165, 1.54) is 20.5 Å². The Labute approximate surface area is 91.9 Å². The number of fused-ring (bicyclic) bond motifs is 3. The molecule has 0 unspecified atom stereocenters. The lowest BCUT2D eigenvalue weighted by Crippen LogP contribution is -2.09. The van der Waals surface area contributed by atoms with Gasteiger partial charge in [-0.1, -0.05) is 23.4 Å². The summed E-state index contributed by atoms with van der Waals surface area (Å²) in [5.74, 6) is 0. The van der Waals surface area contributed by atoms with Crippen molar-refractivity contribution in [3.8, 4) is 0 Å². The molecule has 0 saturated heterocycles. The average Bonchev–Trinajstić information content (AvgIpc) is 2.67. The number of thiophene rings is 1. The molecule has 1 aliphatic carbocycles. The van der Waals surface area contributed by atoms with E-state index in [1.807, 2.05) is 17.4 Å². The van der Waals surface area contributed by atoms with Gasteiger partial charge in [0, 0.05) is 20.5 Å².